The topological polar surface area (TPSA) is 79.4 Å². The molecule has 1 saturated carbocycles. The Morgan fingerprint density at radius 2 is 1.76 bits per heavy atom. The number of hydrogen-bond donors (Lipinski definition) is 2. The highest BCUT2D eigenvalue weighted by atomic mass is 19.2. The number of carbonyl (C=O) groups is 1. The molecule has 1 heterocycles. The summed E-state index contributed by atoms with van der Waals surface area (Å²) in [6, 6.07) is 11.4. The molecule has 0 bridgehead atoms. The van der Waals surface area contributed by atoms with E-state index in [0.717, 1.165) is 54.5 Å². The Bertz CT molecular complexity index is 1130. The van der Waals surface area contributed by atoms with Gasteiger partial charge in [0.05, 0.1) is 5.52 Å². The standard InChI is InChI=1S/C24H27F2N5O2/c1-31(2)23-18-5-3-4-6-21(18)29-24(30-23)28-16-9-7-15(8-10-16)27-22(32)14-33-17-11-12-19(25)20(26)13-17/h3-6,11-13,15-16H,7-10,14H2,1-2H3,(H,27,32)(H,28,29,30). The molecule has 1 aromatic heterocycles. The second kappa shape index (κ2) is 9.97. The van der Waals surface area contributed by atoms with Crippen LogP contribution in [0.25, 0.3) is 10.9 Å². The van der Waals surface area contributed by atoms with Crippen molar-refractivity contribution < 1.29 is 18.3 Å². The largest absolute Gasteiger partial charge is 0.484 e. The van der Waals surface area contributed by atoms with Crippen molar-refractivity contribution in [1.29, 1.82) is 0 Å². The quantitative estimate of drug-likeness (QED) is 0.563. The van der Waals surface area contributed by atoms with Crippen LogP contribution in [0.3, 0.4) is 0 Å². The van der Waals surface area contributed by atoms with Crippen LogP contribution in [0.15, 0.2) is 42.5 Å². The van der Waals surface area contributed by atoms with Crippen molar-refractivity contribution >= 4 is 28.6 Å². The number of ether oxygens (including phenoxy) is 1. The molecule has 0 radical (unpaired) electrons. The summed E-state index contributed by atoms with van der Waals surface area (Å²) < 4.78 is 31.5. The van der Waals surface area contributed by atoms with E-state index in [4.69, 9.17) is 9.72 Å². The van der Waals surface area contributed by atoms with Gasteiger partial charge in [-0.2, -0.15) is 4.98 Å². The van der Waals surface area contributed by atoms with Crippen molar-refractivity contribution in [2.75, 3.05) is 30.9 Å². The van der Waals surface area contributed by atoms with Gasteiger partial charge in [-0.15, -0.1) is 0 Å². The molecule has 3 aromatic rings. The highest BCUT2D eigenvalue weighted by Gasteiger charge is 2.23. The van der Waals surface area contributed by atoms with Gasteiger partial charge in [0.15, 0.2) is 18.2 Å². The van der Waals surface area contributed by atoms with E-state index >= 15 is 0 Å². The average Bonchev–Trinajstić information content (AvgIpc) is 2.80. The molecule has 33 heavy (non-hydrogen) atoms. The summed E-state index contributed by atoms with van der Waals surface area (Å²) in [7, 11) is 3.92. The maximum Gasteiger partial charge on any atom is 0.258 e. The lowest BCUT2D eigenvalue weighted by Gasteiger charge is -2.30. The van der Waals surface area contributed by atoms with Gasteiger partial charge < -0.3 is 20.3 Å². The van der Waals surface area contributed by atoms with Crippen LogP contribution in [-0.4, -0.2) is 48.7 Å². The van der Waals surface area contributed by atoms with E-state index in [-0.39, 0.29) is 30.3 Å². The number of halogens is 2. The number of anilines is 2. The number of nitrogens with zero attached hydrogens (tertiary/aromatic N) is 3. The summed E-state index contributed by atoms with van der Waals surface area (Å²) >= 11 is 0. The molecule has 0 spiro atoms. The Morgan fingerprint density at radius 3 is 2.48 bits per heavy atom. The lowest BCUT2D eigenvalue weighted by atomic mass is 9.91. The van der Waals surface area contributed by atoms with E-state index in [1.165, 1.54) is 6.07 Å². The van der Waals surface area contributed by atoms with E-state index in [0.29, 0.717) is 5.95 Å². The molecule has 1 fully saturated rings. The highest BCUT2D eigenvalue weighted by Crippen LogP contribution is 2.26. The Balaban J connectivity index is 1.27. The Hall–Kier alpha value is -3.49. The summed E-state index contributed by atoms with van der Waals surface area (Å²) in [5.41, 5.74) is 0.890. The first-order chi connectivity index (χ1) is 15.9. The van der Waals surface area contributed by atoms with Crippen molar-refractivity contribution in [1.82, 2.24) is 15.3 Å². The molecular weight excluding hydrogens is 428 g/mol. The van der Waals surface area contributed by atoms with Crippen molar-refractivity contribution in [3.8, 4) is 5.75 Å². The first-order valence-corrected chi connectivity index (χ1v) is 11.0. The van der Waals surface area contributed by atoms with E-state index < -0.39 is 11.6 Å². The summed E-state index contributed by atoms with van der Waals surface area (Å²) in [5.74, 6) is -0.667. The first kappa shape index (κ1) is 22.7. The molecule has 174 valence electrons. The van der Waals surface area contributed by atoms with Crippen LogP contribution < -0.4 is 20.3 Å². The number of fused-ring (bicyclic) bond motifs is 1. The second-order valence-electron chi connectivity index (χ2n) is 8.41. The van der Waals surface area contributed by atoms with E-state index in [1.807, 2.05) is 43.3 Å². The number of benzene rings is 2. The third-order valence-electron chi connectivity index (χ3n) is 5.69. The average molecular weight is 456 g/mol. The molecule has 0 unspecified atom stereocenters. The van der Waals surface area contributed by atoms with Gasteiger partial charge in [-0.05, 0) is 49.9 Å². The van der Waals surface area contributed by atoms with Gasteiger partial charge in [0.1, 0.15) is 11.6 Å². The number of para-hydroxylation sites is 1. The van der Waals surface area contributed by atoms with Crippen molar-refractivity contribution in [2.24, 2.45) is 0 Å². The van der Waals surface area contributed by atoms with Gasteiger partial charge >= 0.3 is 0 Å². The van der Waals surface area contributed by atoms with E-state index in [9.17, 15) is 13.6 Å². The minimum Gasteiger partial charge on any atom is -0.484 e. The molecule has 1 amide bonds. The van der Waals surface area contributed by atoms with Crippen molar-refractivity contribution in [3.05, 3.63) is 54.1 Å². The minimum absolute atomic E-state index is 0.0407. The fourth-order valence-electron chi connectivity index (χ4n) is 4.01. The SMILES string of the molecule is CN(C)c1nc(NC2CCC(NC(=O)COc3ccc(F)c(F)c3)CC2)nc2ccccc12. The number of carbonyl (C=O) groups excluding carboxylic acids is 1. The van der Waals surface area contributed by atoms with Crippen LogP contribution in [0.1, 0.15) is 25.7 Å². The zero-order chi connectivity index (χ0) is 23.4. The molecule has 4 rings (SSSR count). The van der Waals surface area contributed by atoms with E-state index in [2.05, 4.69) is 15.6 Å². The van der Waals surface area contributed by atoms with E-state index in [1.54, 1.807) is 0 Å². The van der Waals surface area contributed by atoms with Crippen molar-refractivity contribution in [2.45, 2.75) is 37.8 Å². The molecule has 0 saturated heterocycles. The molecule has 2 N–H and O–H groups in total. The van der Waals surface area contributed by atoms with Crippen LogP contribution in [-0.2, 0) is 4.79 Å². The number of aromatic nitrogens is 2. The summed E-state index contributed by atoms with van der Waals surface area (Å²) in [5, 5.41) is 7.40. The molecule has 2 aromatic carbocycles. The molecule has 0 aliphatic heterocycles. The predicted molar refractivity (Wildman–Crippen MR) is 124 cm³/mol. The second-order valence-corrected chi connectivity index (χ2v) is 8.41. The summed E-state index contributed by atoms with van der Waals surface area (Å²) in [6.45, 7) is -0.249. The van der Waals surface area contributed by atoms with Gasteiger partial charge in [-0.25, -0.2) is 13.8 Å². The summed E-state index contributed by atoms with van der Waals surface area (Å²) in [6.07, 6.45) is 3.34. The van der Waals surface area contributed by atoms with Crippen LogP contribution in [0.4, 0.5) is 20.5 Å². The molecule has 1 aliphatic rings. The lowest BCUT2D eigenvalue weighted by molar-refractivity contribution is -0.124. The molecule has 0 atom stereocenters. The molecule has 9 heteroatoms. The number of rotatable bonds is 7. The Morgan fingerprint density at radius 1 is 1.03 bits per heavy atom. The van der Waals surface area contributed by atoms with Gasteiger partial charge in [-0.1, -0.05) is 12.1 Å². The predicted octanol–water partition coefficient (Wildman–Crippen LogP) is 3.89. The Kier molecular flexibility index (Phi) is 6.86. The Labute approximate surface area is 191 Å². The number of nitrogens with one attached hydrogen (secondary N) is 2. The smallest absolute Gasteiger partial charge is 0.258 e. The fourth-order valence-corrected chi connectivity index (χ4v) is 4.01. The third-order valence-corrected chi connectivity index (χ3v) is 5.69. The maximum atomic E-state index is 13.2. The number of hydrogen-bond acceptors (Lipinski definition) is 6. The van der Waals surface area contributed by atoms with Gasteiger partial charge in [-0.3, -0.25) is 4.79 Å². The molecule has 7 nitrogen and oxygen atoms in total. The van der Waals surface area contributed by atoms with Gasteiger partial charge in [0.25, 0.3) is 5.91 Å². The molecule has 1 aliphatic carbocycles. The first-order valence-electron chi connectivity index (χ1n) is 11.0. The zero-order valence-corrected chi connectivity index (χ0v) is 18.6. The van der Waals surface area contributed by atoms with Gasteiger partial charge in [0.2, 0.25) is 5.95 Å². The van der Waals surface area contributed by atoms with Crippen LogP contribution in [0, 0.1) is 11.6 Å². The monoisotopic (exact) mass is 455 g/mol. The van der Waals surface area contributed by atoms with Crippen LogP contribution >= 0.6 is 0 Å². The summed E-state index contributed by atoms with van der Waals surface area (Å²) in [4.78, 5) is 23.5. The minimum atomic E-state index is -1.01. The maximum absolute atomic E-state index is 13.2. The lowest BCUT2D eigenvalue weighted by Crippen LogP contribution is -2.42. The van der Waals surface area contributed by atoms with Crippen LogP contribution in [0.5, 0.6) is 5.75 Å². The third kappa shape index (κ3) is 5.66. The number of amides is 1. The molecular formula is C24H27F2N5O2. The zero-order valence-electron chi connectivity index (χ0n) is 18.6. The van der Waals surface area contributed by atoms with Gasteiger partial charge in [0, 0.05) is 37.6 Å². The fraction of sp³-hybridized carbons (Fsp3) is 0.375. The highest BCUT2D eigenvalue weighted by molar-refractivity contribution is 5.90. The van der Waals surface area contributed by atoms with Crippen molar-refractivity contribution in [3.63, 3.8) is 0 Å². The van der Waals surface area contributed by atoms with Crippen LogP contribution in [0.2, 0.25) is 0 Å². The normalized spacial score (nSPS) is 18.1.